The van der Waals surface area contributed by atoms with Crippen LogP contribution in [-0.2, 0) is 0 Å². The molecule has 0 spiro atoms. The first-order valence-corrected chi connectivity index (χ1v) is 6.35. The Hall–Kier alpha value is 0.140. The molecular formula is C10H16BrNS. The monoisotopic (exact) mass is 261 g/mol. The van der Waals surface area contributed by atoms with E-state index >= 15 is 0 Å². The Labute approximate surface area is 92.7 Å². The van der Waals surface area contributed by atoms with Gasteiger partial charge in [-0.1, -0.05) is 20.8 Å². The van der Waals surface area contributed by atoms with Crippen LogP contribution in [0.5, 0.6) is 0 Å². The SMILES string of the molecule is CCNC(c1cscc1Br)C(C)C. The first kappa shape index (κ1) is 11.2. The normalized spacial score (nSPS) is 13.6. The average Bonchev–Trinajstić information content (AvgIpc) is 2.47. The Morgan fingerprint density at radius 1 is 1.46 bits per heavy atom. The van der Waals surface area contributed by atoms with Crippen molar-refractivity contribution in [3.05, 3.63) is 20.8 Å². The maximum absolute atomic E-state index is 3.58. The second-order valence-electron chi connectivity index (χ2n) is 3.45. The summed E-state index contributed by atoms with van der Waals surface area (Å²) in [5, 5.41) is 7.86. The minimum atomic E-state index is 0.477. The molecule has 0 saturated heterocycles. The van der Waals surface area contributed by atoms with Crippen LogP contribution in [0.4, 0.5) is 0 Å². The molecule has 0 aromatic carbocycles. The highest BCUT2D eigenvalue weighted by Crippen LogP contribution is 2.31. The number of hydrogen-bond acceptors (Lipinski definition) is 2. The summed E-state index contributed by atoms with van der Waals surface area (Å²) in [6, 6.07) is 0.477. The standard InChI is InChI=1S/C10H16BrNS/c1-4-12-10(7(2)3)8-5-13-6-9(8)11/h5-7,10,12H,4H2,1-3H3. The third-order valence-corrected chi connectivity index (χ3v) is 3.82. The second-order valence-corrected chi connectivity index (χ2v) is 5.05. The van der Waals surface area contributed by atoms with Crippen molar-refractivity contribution in [1.29, 1.82) is 0 Å². The molecule has 0 radical (unpaired) electrons. The third kappa shape index (κ3) is 2.79. The highest BCUT2D eigenvalue weighted by atomic mass is 79.9. The molecule has 13 heavy (non-hydrogen) atoms. The van der Waals surface area contributed by atoms with Crippen LogP contribution >= 0.6 is 27.3 Å². The highest BCUT2D eigenvalue weighted by Gasteiger charge is 2.17. The van der Waals surface area contributed by atoms with Crippen molar-refractivity contribution in [2.75, 3.05) is 6.54 Å². The molecule has 1 aromatic rings. The fraction of sp³-hybridized carbons (Fsp3) is 0.600. The zero-order valence-corrected chi connectivity index (χ0v) is 10.7. The van der Waals surface area contributed by atoms with E-state index in [2.05, 4.69) is 52.8 Å². The molecule has 1 heterocycles. The minimum absolute atomic E-state index is 0.477. The highest BCUT2D eigenvalue weighted by molar-refractivity contribution is 9.10. The molecule has 74 valence electrons. The summed E-state index contributed by atoms with van der Waals surface area (Å²) in [5.41, 5.74) is 1.39. The molecule has 0 fully saturated rings. The van der Waals surface area contributed by atoms with Crippen molar-refractivity contribution in [2.45, 2.75) is 26.8 Å². The maximum Gasteiger partial charge on any atom is 0.0362 e. The van der Waals surface area contributed by atoms with E-state index in [9.17, 15) is 0 Å². The smallest absolute Gasteiger partial charge is 0.0362 e. The van der Waals surface area contributed by atoms with Gasteiger partial charge < -0.3 is 5.32 Å². The Kier molecular flexibility index (Phi) is 4.42. The van der Waals surface area contributed by atoms with E-state index in [0.29, 0.717) is 12.0 Å². The number of nitrogens with one attached hydrogen (secondary N) is 1. The number of halogens is 1. The topological polar surface area (TPSA) is 12.0 Å². The molecule has 1 nitrogen and oxygen atoms in total. The van der Waals surface area contributed by atoms with E-state index in [-0.39, 0.29) is 0 Å². The van der Waals surface area contributed by atoms with Gasteiger partial charge >= 0.3 is 0 Å². The van der Waals surface area contributed by atoms with Gasteiger partial charge in [-0.3, -0.25) is 0 Å². The third-order valence-electron chi connectivity index (χ3n) is 2.07. The van der Waals surface area contributed by atoms with Gasteiger partial charge in [0.2, 0.25) is 0 Å². The predicted octanol–water partition coefficient (Wildman–Crippen LogP) is 3.82. The predicted molar refractivity (Wildman–Crippen MR) is 63.3 cm³/mol. The quantitative estimate of drug-likeness (QED) is 0.869. The van der Waals surface area contributed by atoms with E-state index in [0.717, 1.165) is 6.54 Å². The van der Waals surface area contributed by atoms with Gasteiger partial charge in [0.05, 0.1) is 0 Å². The van der Waals surface area contributed by atoms with E-state index in [1.807, 2.05) is 0 Å². The molecule has 0 aliphatic carbocycles. The Morgan fingerprint density at radius 3 is 2.54 bits per heavy atom. The molecule has 1 N–H and O–H groups in total. The number of hydrogen-bond donors (Lipinski definition) is 1. The van der Waals surface area contributed by atoms with Crippen molar-refractivity contribution >= 4 is 27.3 Å². The van der Waals surface area contributed by atoms with E-state index in [1.54, 1.807) is 11.3 Å². The molecule has 1 aromatic heterocycles. The lowest BCUT2D eigenvalue weighted by Gasteiger charge is -2.21. The molecule has 0 amide bonds. The van der Waals surface area contributed by atoms with Gasteiger partial charge in [-0.25, -0.2) is 0 Å². The van der Waals surface area contributed by atoms with Gasteiger partial charge in [-0.05, 0) is 39.3 Å². The van der Waals surface area contributed by atoms with Crippen LogP contribution in [0.15, 0.2) is 15.2 Å². The first-order chi connectivity index (χ1) is 6.16. The molecule has 1 rings (SSSR count). The van der Waals surface area contributed by atoms with Crippen LogP contribution in [-0.4, -0.2) is 6.54 Å². The largest absolute Gasteiger partial charge is 0.310 e. The van der Waals surface area contributed by atoms with Gasteiger partial charge in [0, 0.05) is 15.9 Å². The van der Waals surface area contributed by atoms with Crippen LogP contribution in [0.25, 0.3) is 0 Å². The van der Waals surface area contributed by atoms with Gasteiger partial charge in [0.1, 0.15) is 0 Å². The second kappa shape index (κ2) is 5.13. The Bertz CT molecular complexity index is 257. The zero-order chi connectivity index (χ0) is 9.84. The fourth-order valence-electron chi connectivity index (χ4n) is 1.44. The molecular weight excluding hydrogens is 246 g/mol. The molecule has 0 aliphatic heterocycles. The molecule has 3 heteroatoms. The van der Waals surface area contributed by atoms with Crippen LogP contribution in [0.1, 0.15) is 32.4 Å². The van der Waals surface area contributed by atoms with E-state index in [1.165, 1.54) is 10.0 Å². The lowest BCUT2D eigenvalue weighted by atomic mass is 9.99. The van der Waals surface area contributed by atoms with Gasteiger partial charge in [-0.2, -0.15) is 11.3 Å². The van der Waals surface area contributed by atoms with Crippen LogP contribution in [0.3, 0.4) is 0 Å². The van der Waals surface area contributed by atoms with Crippen molar-refractivity contribution in [2.24, 2.45) is 5.92 Å². The summed E-state index contributed by atoms with van der Waals surface area (Å²) < 4.78 is 1.23. The van der Waals surface area contributed by atoms with Crippen LogP contribution in [0, 0.1) is 5.92 Å². The molecule has 0 aliphatic rings. The van der Waals surface area contributed by atoms with Crippen molar-refractivity contribution < 1.29 is 0 Å². The molecule has 1 unspecified atom stereocenters. The van der Waals surface area contributed by atoms with Gasteiger partial charge in [0.15, 0.2) is 0 Å². The summed E-state index contributed by atoms with van der Waals surface area (Å²) in [5.74, 6) is 0.630. The summed E-state index contributed by atoms with van der Waals surface area (Å²) in [6.45, 7) is 7.66. The summed E-state index contributed by atoms with van der Waals surface area (Å²) in [7, 11) is 0. The number of rotatable bonds is 4. The lowest BCUT2D eigenvalue weighted by Crippen LogP contribution is -2.25. The van der Waals surface area contributed by atoms with Crippen LogP contribution in [0.2, 0.25) is 0 Å². The lowest BCUT2D eigenvalue weighted by molar-refractivity contribution is 0.421. The van der Waals surface area contributed by atoms with E-state index < -0.39 is 0 Å². The maximum atomic E-state index is 3.58. The van der Waals surface area contributed by atoms with Crippen molar-refractivity contribution in [1.82, 2.24) is 5.32 Å². The van der Waals surface area contributed by atoms with E-state index in [4.69, 9.17) is 0 Å². The molecule has 0 bridgehead atoms. The Morgan fingerprint density at radius 2 is 2.15 bits per heavy atom. The fourth-order valence-corrected chi connectivity index (χ4v) is 3.02. The summed E-state index contributed by atoms with van der Waals surface area (Å²) in [6.07, 6.45) is 0. The Balaban J connectivity index is 2.82. The first-order valence-electron chi connectivity index (χ1n) is 4.61. The van der Waals surface area contributed by atoms with Gasteiger partial charge in [0.25, 0.3) is 0 Å². The van der Waals surface area contributed by atoms with Gasteiger partial charge in [-0.15, -0.1) is 0 Å². The molecule has 0 saturated carbocycles. The molecule has 1 atom stereocenters. The zero-order valence-electron chi connectivity index (χ0n) is 8.30. The summed E-state index contributed by atoms with van der Waals surface area (Å²) in [4.78, 5) is 0. The average molecular weight is 262 g/mol. The minimum Gasteiger partial charge on any atom is -0.310 e. The summed E-state index contributed by atoms with van der Waals surface area (Å²) >= 11 is 5.33. The van der Waals surface area contributed by atoms with Crippen LogP contribution < -0.4 is 5.32 Å². The number of thiophene rings is 1. The van der Waals surface area contributed by atoms with Crippen molar-refractivity contribution in [3.8, 4) is 0 Å². The van der Waals surface area contributed by atoms with Crippen molar-refractivity contribution in [3.63, 3.8) is 0 Å².